The fourth-order valence-electron chi connectivity index (χ4n) is 3.18. The number of nitrogens with one attached hydrogen (secondary N) is 2. The van der Waals surface area contributed by atoms with Crippen LogP contribution in [-0.4, -0.2) is 35.3 Å². The van der Waals surface area contributed by atoms with E-state index in [-0.39, 0.29) is 23.3 Å². The predicted molar refractivity (Wildman–Crippen MR) is 127 cm³/mol. The van der Waals surface area contributed by atoms with Crippen LogP contribution < -0.4 is 29.0 Å². The molecule has 34 heavy (non-hydrogen) atoms. The maximum atomic E-state index is 12.8. The van der Waals surface area contributed by atoms with Crippen molar-refractivity contribution in [3.05, 3.63) is 72.3 Å². The number of sulfonamides is 1. The third-order valence-electron chi connectivity index (χ3n) is 4.91. The summed E-state index contributed by atoms with van der Waals surface area (Å²) in [4.78, 5) is 12.3. The van der Waals surface area contributed by atoms with Crippen LogP contribution >= 0.6 is 0 Å². The lowest BCUT2D eigenvalue weighted by Gasteiger charge is -2.13. The third kappa shape index (κ3) is 5.24. The van der Waals surface area contributed by atoms with E-state index in [2.05, 4.69) is 10.0 Å². The zero-order valence-electron chi connectivity index (χ0n) is 18.4. The Bertz CT molecular complexity index is 1340. The van der Waals surface area contributed by atoms with Crippen LogP contribution in [0.4, 0.5) is 11.4 Å². The lowest BCUT2D eigenvalue weighted by atomic mass is 10.2. The van der Waals surface area contributed by atoms with Gasteiger partial charge in [0.2, 0.25) is 12.7 Å². The molecule has 9 nitrogen and oxygen atoms in total. The number of hydrogen-bond acceptors (Lipinski definition) is 7. The van der Waals surface area contributed by atoms with Crippen molar-refractivity contribution in [1.29, 1.82) is 0 Å². The number of fused-ring (bicyclic) bond motifs is 1. The van der Waals surface area contributed by atoms with Gasteiger partial charge in [-0.05, 0) is 60.2 Å². The Balaban J connectivity index is 1.40. The molecule has 0 fully saturated rings. The normalized spacial score (nSPS) is 12.4. The lowest BCUT2D eigenvalue weighted by Crippen LogP contribution is -2.14. The molecular weight excluding hydrogens is 460 g/mol. The van der Waals surface area contributed by atoms with Crippen molar-refractivity contribution in [2.75, 3.05) is 31.1 Å². The van der Waals surface area contributed by atoms with Crippen LogP contribution in [0.3, 0.4) is 0 Å². The van der Waals surface area contributed by atoms with Gasteiger partial charge in [0.1, 0.15) is 11.5 Å². The molecular formula is C24H22N2O7S. The Morgan fingerprint density at radius 2 is 1.71 bits per heavy atom. The molecule has 1 amide bonds. The predicted octanol–water partition coefficient (Wildman–Crippen LogP) is 3.89. The van der Waals surface area contributed by atoms with E-state index in [1.165, 1.54) is 44.6 Å². The number of rotatable bonds is 8. The Morgan fingerprint density at radius 3 is 2.44 bits per heavy atom. The van der Waals surface area contributed by atoms with Crippen LogP contribution in [0.1, 0.15) is 5.56 Å². The monoisotopic (exact) mass is 482 g/mol. The van der Waals surface area contributed by atoms with Gasteiger partial charge in [-0.3, -0.25) is 9.52 Å². The molecule has 1 aliphatic rings. The van der Waals surface area contributed by atoms with Gasteiger partial charge in [-0.25, -0.2) is 8.42 Å². The van der Waals surface area contributed by atoms with Gasteiger partial charge in [0.25, 0.3) is 10.0 Å². The molecule has 3 aromatic carbocycles. The zero-order chi connectivity index (χ0) is 24.1. The molecule has 0 spiro atoms. The van der Waals surface area contributed by atoms with Gasteiger partial charge in [-0.1, -0.05) is 6.07 Å². The number of carbonyl (C=O) groups excluding carboxylic acids is 1. The van der Waals surface area contributed by atoms with E-state index in [0.717, 1.165) is 5.56 Å². The largest absolute Gasteiger partial charge is 0.497 e. The van der Waals surface area contributed by atoms with E-state index >= 15 is 0 Å². The molecule has 0 saturated carbocycles. The van der Waals surface area contributed by atoms with Crippen molar-refractivity contribution in [3.63, 3.8) is 0 Å². The number of anilines is 2. The summed E-state index contributed by atoms with van der Waals surface area (Å²) in [6.45, 7) is 0.178. The van der Waals surface area contributed by atoms with Crippen LogP contribution in [0.25, 0.3) is 6.08 Å². The second-order valence-corrected chi connectivity index (χ2v) is 8.81. The van der Waals surface area contributed by atoms with Gasteiger partial charge in [-0.15, -0.1) is 0 Å². The third-order valence-corrected chi connectivity index (χ3v) is 6.29. The van der Waals surface area contributed by atoms with Gasteiger partial charge in [0.15, 0.2) is 11.5 Å². The lowest BCUT2D eigenvalue weighted by molar-refractivity contribution is -0.111. The van der Waals surface area contributed by atoms with Crippen molar-refractivity contribution >= 4 is 33.4 Å². The summed E-state index contributed by atoms with van der Waals surface area (Å²) in [7, 11) is -0.940. The van der Waals surface area contributed by atoms with Gasteiger partial charge >= 0.3 is 0 Å². The molecule has 3 aromatic rings. The average Bonchev–Trinajstić information content (AvgIpc) is 3.31. The van der Waals surface area contributed by atoms with Crippen molar-refractivity contribution in [2.45, 2.75) is 4.90 Å². The van der Waals surface area contributed by atoms with Crippen molar-refractivity contribution < 1.29 is 32.2 Å². The van der Waals surface area contributed by atoms with E-state index in [0.29, 0.717) is 28.7 Å². The van der Waals surface area contributed by atoms with E-state index < -0.39 is 10.0 Å². The van der Waals surface area contributed by atoms with E-state index in [4.69, 9.17) is 18.9 Å². The molecule has 4 rings (SSSR count). The summed E-state index contributed by atoms with van der Waals surface area (Å²) in [6, 6.07) is 15.9. The molecule has 0 atom stereocenters. The first-order valence-corrected chi connectivity index (χ1v) is 11.6. The zero-order valence-corrected chi connectivity index (χ0v) is 19.2. The Morgan fingerprint density at radius 1 is 0.941 bits per heavy atom. The molecule has 1 aliphatic heterocycles. The Labute approximate surface area is 197 Å². The van der Waals surface area contributed by atoms with Gasteiger partial charge < -0.3 is 24.3 Å². The van der Waals surface area contributed by atoms with Gasteiger partial charge in [0, 0.05) is 17.8 Å². The fourth-order valence-corrected chi connectivity index (χ4v) is 4.25. The number of carbonyl (C=O) groups is 1. The fraction of sp³-hybridized carbons (Fsp3) is 0.125. The highest BCUT2D eigenvalue weighted by molar-refractivity contribution is 7.92. The van der Waals surface area contributed by atoms with Crippen molar-refractivity contribution in [1.82, 2.24) is 0 Å². The minimum Gasteiger partial charge on any atom is -0.497 e. The number of hydrogen-bond donors (Lipinski definition) is 2. The number of methoxy groups -OCH3 is 2. The number of amides is 1. The summed E-state index contributed by atoms with van der Waals surface area (Å²) >= 11 is 0. The molecule has 0 saturated heterocycles. The quantitative estimate of drug-likeness (QED) is 0.469. The van der Waals surface area contributed by atoms with E-state index in [1.807, 2.05) is 6.07 Å². The summed E-state index contributed by atoms with van der Waals surface area (Å²) in [6.07, 6.45) is 3.02. The molecule has 10 heteroatoms. The number of ether oxygens (including phenoxy) is 4. The summed E-state index contributed by atoms with van der Waals surface area (Å²) in [5.74, 6) is 1.78. The first-order valence-electron chi connectivity index (χ1n) is 10.1. The van der Waals surface area contributed by atoms with Gasteiger partial charge in [0.05, 0.1) is 24.8 Å². The number of benzene rings is 3. The maximum Gasteiger partial charge on any atom is 0.262 e. The molecule has 1 heterocycles. The van der Waals surface area contributed by atoms with Crippen LogP contribution in [0.5, 0.6) is 23.0 Å². The van der Waals surface area contributed by atoms with Crippen molar-refractivity contribution in [3.8, 4) is 23.0 Å². The molecule has 0 unspecified atom stereocenters. The average molecular weight is 483 g/mol. The summed E-state index contributed by atoms with van der Waals surface area (Å²) < 4.78 is 49.0. The standard InChI is InChI=1S/C24H22N2O7S/c1-30-18-7-10-20(22(14-18)31-2)26-34(28,29)19-8-5-17(6-9-19)25-24(27)12-4-16-3-11-21-23(13-16)33-15-32-21/h3-14,26H,15H2,1-2H3,(H,25,27)/b12-4+. The smallest absolute Gasteiger partial charge is 0.262 e. The highest BCUT2D eigenvalue weighted by Gasteiger charge is 2.17. The SMILES string of the molecule is COc1ccc(NS(=O)(=O)c2ccc(NC(=O)/C=C/c3ccc4c(c3)OCO4)cc2)c(OC)c1. The molecule has 2 N–H and O–H groups in total. The first-order chi connectivity index (χ1) is 16.4. The molecule has 0 radical (unpaired) electrons. The first kappa shape index (κ1) is 23.0. The van der Waals surface area contributed by atoms with Crippen LogP contribution in [0, 0.1) is 0 Å². The van der Waals surface area contributed by atoms with Crippen LogP contribution in [-0.2, 0) is 14.8 Å². The van der Waals surface area contributed by atoms with Gasteiger partial charge in [-0.2, -0.15) is 0 Å². The Hall–Kier alpha value is -4.18. The minimum atomic E-state index is -3.88. The topological polar surface area (TPSA) is 112 Å². The second kappa shape index (κ2) is 9.75. The Kier molecular flexibility index (Phi) is 6.60. The van der Waals surface area contributed by atoms with E-state index in [1.54, 1.807) is 36.4 Å². The van der Waals surface area contributed by atoms with Crippen LogP contribution in [0.2, 0.25) is 0 Å². The minimum absolute atomic E-state index is 0.0271. The highest BCUT2D eigenvalue weighted by atomic mass is 32.2. The molecule has 0 aliphatic carbocycles. The molecule has 0 aromatic heterocycles. The second-order valence-electron chi connectivity index (χ2n) is 7.13. The van der Waals surface area contributed by atoms with Crippen molar-refractivity contribution in [2.24, 2.45) is 0 Å². The van der Waals surface area contributed by atoms with Crippen LogP contribution in [0.15, 0.2) is 71.6 Å². The maximum absolute atomic E-state index is 12.8. The van der Waals surface area contributed by atoms with E-state index in [9.17, 15) is 13.2 Å². The highest BCUT2D eigenvalue weighted by Crippen LogP contribution is 2.33. The summed E-state index contributed by atoms with van der Waals surface area (Å²) in [5, 5.41) is 2.69. The molecule has 176 valence electrons. The summed E-state index contributed by atoms with van der Waals surface area (Å²) in [5.41, 5.74) is 1.50. The molecule has 0 bridgehead atoms.